The highest BCUT2D eigenvalue weighted by Crippen LogP contribution is 2.36. The minimum absolute atomic E-state index is 0.00965. The van der Waals surface area contributed by atoms with Gasteiger partial charge in [0.25, 0.3) is 0 Å². The molecule has 0 fully saturated rings. The van der Waals surface area contributed by atoms with Crippen LogP contribution in [0.1, 0.15) is 53.7 Å². The van der Waals surface area contributed by atoms with Gasteiger partial charge in [-0.15, -0.1) is 11.3 Å². The molecule has 0 unspecified atom stereocenters. The molecule has 1 aromatic heterocycles. The van der Waals surface area contributed by atoms with E-state index >= 15 is 0 Å². The molecule has 2 aromatic rings. The fraction of sp³-hybridized carbons (Fsp3) is 0.400. The highest BCUT2D eigenvalue weighted by atomic mass is 32.1. The molecular formula is C20H22N2OS. The number of rotatable bonds is 4. The standard InChI is InChI=1S/C20H22N2OS/c21-14-17-16-10-6-1-2-7-11-18(16)24-20(17)22-19(23)13-12-15-8-4-3-5-9-15/h3-5,8-9H,1-2,6-7,10-13H2,(H,22,23). The number of nitrogens with one attached hydrogen (secondary N) is 1. The summed E-state index contributed by atoms with van der Waals surface area (Å²) in [5.74, 6) is -0.00965. The van der Waals surface area contributed by atoms with Crippen LogP contribution in [0.15, 0.2) is 30.3 Å². The van der Waals surface area contributed by atoms with Gasteiger partial charge in [-0.2, -0.15) is 5.26 Å². The lowest BCUT2D eigenvalue weighted by Gasteiger charge is -2.08. The molecule has 0 spiro atoms. The van der Waals surface area contributed by atoms with Crippen molar-refractivity contribution in [3.05, 3.63) is 51.9 Å². The first-order valence-corrected chi connectivity index (χ1v) is 9.48. The van der Waals surface area contributed by atoms with Crippen LogP contribution in [0.4, 0.5) is 5.00 Å². The van der Waals surface area contributed by atoms with Crippen LogP contribution in [0.25, 0.3) is 0 Å². The first kappa shape index (κ1) is 16.7. The summed E-state index contributed by atoms with van der Waals surface area (Å²) in [6, 6.07) is 12.3. The SMILES string of the molecule is N#Cc1c(NC(=O)CCc2ccccc2)sc2c1CCCCCC2. The number of hydrogen-bond donors (Lipinski definition) is 1. The normalized spacial score (nSPS) is 14.1. The Balaban J connectivity index is 1.69. The molecule has 0 bridgehead atoms. The zero-order valence-corrected chi connectivity index (χ0v) is 14.6. The number of carbonyl (C=O) groups is 1. The van der Waals surface area contributed by atoms with Crippen molar-refractivity contribution < 1.29 is 4.79 Å². The molecule has 1 heterocycles. The average Bonchev–Trinajstić information content (AvgIpc) is 2.89. The lowest BCUT2D eigenvalue weighted by atomic mass is 9.97. The van der Waals surface area contributed by atoms with E-state index in [9.17, 15) is 10.1 Å². The van der Waals surface area contributed by atoms with E-state index in [2.05, 4.69) is 11.4 Å². The van der Waals surface area contributed by atoms with Crippen LogP contribution in [0, 0.1) is 11.3 Å². The Morgan fingerprint density at radius 3 is 2.62 bits per heavy atom. The first-order chi connectivity index (χ1) is 11.8. The molecule has 1 N–H and O–H groups in total. The van der Waals surface area contributed by atoms with Gasteiger partial charge in [0.15, 0.2) is 0 Å². The van der Waals surface area contributed by atoms with E-state index in [1.807, 2.05) is 30.3 Å². The summed E-state index contributed by atoms with van der Waals surface area (Å²) in [5.41, 5.74) is 3.04. The van der Waals surface area contributed by atoms with Crippen LogP contribution in [0.5, 0.6) is 0 Å². The van der Waals surface area contributed by atoms with Gasteiger partial charge in [-0.25, -0.2) is 0 Å². The van der Waals surface area contributed by atoms with Gasteiger partial charge >= 0.3 is 0 Å². The number of aryl methyl sites for hydroxylation is 2. The molecule has 0 saturated carbocycles. The van der Waals surface area contributed by atoms with Crippen molar-refractivity contribution in [2.45, 2.75) is 51.4 Å². The van der Waals surface area contributed by atoms with Crippen molar-refractivity contribution in [2.24, 2.45) is 0 Å². The summed E-state index contributed by atoms with van der Waals surface area (Å²) in [7, 11) is 0. The van der Waals surface area contributed by atoms with Crippen LogP contribution in [-0.4, -0.2) is 5.91 Å². The number of amides is 1. The maximum absolute atomic E-state index is 12.3. The lowest BCUT2D eigenvalue weighted by molar-refractivity contribution is -0.116. The molecule has 4 heteroatoms. The van der Waals surface area contributed by atoms with E-state index < -0.39 is 0 Å². The second kappa shape index (κ2) is 8.12. The number of benzene rings is 1. The predicted octanol–water partition coefficient (Wildman–Crippen LogP) is 4.85. The smallest absolute Gasteiger partial charge is 0.225 e. The summed E-state index contributed by atoms with van der Waals surface area (Å²) in [6.45, 7) is 0. The third-order valence-electron chi connectivity index (χ3n) is 4.52. The Morgan fingerprint density at radius 2 is 1.88 bits per heavy atom. The summed E-state index contributed by atoms with van der Waals surface area (Å²) in [4.78, 5) is 13.6. The number of anilines is 1. The number of nitrogens with zero attached hydrogens (tertiary/aromatic N) is 1. The molecule has 0 aliphatic heterocycles. The molecule has 1 aliphatic rings. The van der Waals surface area contributed by atoms with Gasteiger partial charge in [0.2, 0.25) is 5.91 Å². The molecule has 0 radical (unpaired) electrons. The summed E-state index contributed by atoms with van der Waals surface area (Å²) >= 11 is 1.60. The van der Waals surface area contributed by atoms with Crippen molar-refractivity contribution >= 4 is 22.2 Å². The van der Waals surface area contributed by atoms with Gasteiger partial charge in [-0.1, -0.05) is 43.2 Å². The van der Waals surface area contributed by atoms with Crippen LogP contribution in [0.3, 0.4) is 0 Å². The maximum atomic E-state index is 12.3. The van der Waals surface area contributed by atoms with Gasteiger partial charge < -0.3 is 5.32 Å². The highest BCUT2D eigenvalue weighted by molar-refractivity contribution is 7.16. The first-order valence-electron chi connectivity index (χ1n) is 8.66. The largest absolute Gasteiger partial charge is 0.317 e. The summed E-state index contributed by atoms with van der Waals surface area (Å²) < 4.78 is 0. The van der Waals surface area contributed by atoms with E-state index in [1.54, 1.807) is 11.3 Å². The quantitative estimate of drug-likeness (QED) is 0.866. The monoisotopic (exact) mass is 338 g/mol. The van der Waals surface area contributed by atoms with Gasteiger partial charge in [-0.05, 0) is 43.2 Å². The second-order valence-corrected chi connectivity index (χ2v) is 7.37. The Kier molecular flexibility index (Phi) is 5.66. The van der Waals surface area contributed by atoms with E-state index in [-0.39, 0.29) is 5.91 Å². The number of hydrogen-bond acceptors (Lipinski definition) is 3. The van der Waals surface area contributed by atoms with E-state index in [0.717, 1.165) is 36.2 Å². The van der Waals surface area contributed by atoms with Gasteiger partial charge in [0, 0.05) is 11.3 Å². The van der Waals surface area contributed by atoms with Crippen molar-refractivity contribution in [2.75, 3.05) is 5.32 Å². The molecule has 1 aliphatic carbocycles. The number of thiophene rings is 1. The summed E-state index contributed by atoms with van der Waals surface area (Å²) in [5, 5.41) is 13.3. The minimum atomic E-state index is -0.00965. The zero-order chi connectivity index (χ0) is 16.8. The van der Waals surface area contributed by atoms with E-state index in [0.29, 0.717) is 12.0 Å². The highest BCUT2D eigenvalue weighted by Gasteiger charge is 2.20. The molecule has 124 valence electrons. The van der Waals surface area contributed by atoms with Gasteiger partial charge in [0.1, 0.15) is 11.1 Å². The molecular weight excluding hydrogens is 316 g/mol. The molecule has 1 aromatic carbocycles. The molecule has 0 saturated heterocycles. The van der Waals surface area contributed by atoms with Crippen molar-refractivity contribution in [1.82, 2.24) is 0 Å². The molecule has 3 nitrogen and oxygen atoms in total. The predicted molar refractivity (Wildman–Crippen MR) is 98.3 cm³/mol. The number of carbonyl (C=O) groups excluding carboxylic acids is 1. The topological polar surface area (TPSA) is 52.9 Å². The maximum Gasteiger partial charge on any atom is 0.225 e. The Bertz CT molecular complexity index is 743. The molecule has 24 heavy (non-hydrogen) atoms. The van der Waals surface area contributed by atoms with Crippen molar-refractivity contribution in [1.29, 1.82) is 5.26 Å². The van der Waals surface area contributed by atoms with Crippen LogP contribution in [0.2, 0.25) is 0 Å². The molecule has 0 atom stereocenters. The second-order valence-electron chi connectivity index (χ2n) is 6.27. The minimum Gasteiger partial charge on any atom is -0.317 e. The third-order valence-corrected chi connectivity index (χ3v) is 5.73. The number of nitriles is 1. The van der Waals surface area contributed by atoms with Gasteiger partial charge in [0.05, 0.1) is 5.56 Å². The Hall–Kier alpha value is -2.12. The van der Waals surface area contributed by atoms with Crippen molar-refractivity contribution in [3.8, 4) is 6.07 Å². The van der Waals surface area contributed by atoms with Crippen LogP contribution in [-0.2, 0) is 24.1 Å². The summed E-state index contributed by atoms with van der Waals surface area (Å²) in [6.07, 6.45) is 7.98. The Morgan fingerprint density at radius 1 is 1.12 bits per heavy atom. The van der Waals surface area contributed by atoms with Gasteiger partial charge in [-0.3, -0.25) is 4.79 Å². The fourth-order valence-electron chi connectivity index (χ4n) is 3.22. The van der Waals surface area contributed by atoms with Crippen molar-refractivity contribution in [3.63, 3.8) is 0 Å². The molecule has 1 amide bonds. The van der Waals surface area contributed by atoms with E-state index in [4.69, 9.17) is 0 Å². The van der Waals surface area contributed by atoms with Crippen LogP contribution < -0.4 is 5.32 Å². The molecule has 3 rings (SSSR count). The Labute approximate surface area is 147 Å². The third kappa shape index (κ3) is 4.04. The average molecular weight is 338 g/mol. The van der Waals surface area contributed by atoms with Crippen LogP contribution >= 0.6 is 11.3 Å². The fourth-order valence-corrected chi connectivity index (χ4v) is 4.47. The van der Waals surface area contributed by atoms with E-state index in [1.165, 1.54) is 29.7 Å². The number of fused-ring (bicyclic) bond motifs is 1. The lowest BCUT2D eigenvalue weighted by Crippen LogP contribution is -2.12. The zero-order valence-electron chi connectivity index (χ0n) is 13.8.